The number of halogens is 1. The topological polar surface area (TPSA) is 35.5 Å². The number of esters is 1. The number of fused-ring (bicyclic) bond motifs is 1. The Morgan fingerprint density at radius 3 is 3.00 bits per heavy atom. The van der Waals surface area contributed by atoms with Crippen LogP contribution >= 0.6 is 11.6 Å². The Labute approximate surface area is 80.2 Å². The average Bonchev–Trinajstić information content (AvgIpc) is 2.50. The lowest BCUT2D eigenvalue weighted by atomic mass is 10.1. The first-order valence-corrected chi connectivity index (χ1v) is 4.14. The second kappa shape index (κ2) is 2.92. The summed E-state index contributed by atoms with van der Waals surface area (Å²) in [5.74, 6) is 0.248. The van der Waals surface area contributed by atoms with Crippen molar-refractivity contribution in [2.45, 2.75) is 6.61 Å². The predicted octanol–water partition coefficient (Wildman–Crippen LogP) is 2.02. The van der Waals surface area contributed by atoms with Crippen LogP contribution in [0.5, 0.6) is 5.75 Å². The second-order valence-electron chi connectivity index (χ2n) is 2.68. The quantitative estimate of drug-likeness (QED) is 0.648. The maximum Gasteiger partial charge on any atom is 0.338 e. The van der Waals surface area contributed by atoms with Crippen molar-refractivity contribution < 1.29 is 14.3 Å². The van der Waals surface area contributed by atoms with Gasteiger partial charge in [-0.2, -0.15) is 0 Å². The van der Waals surface area contributed by atoms with Gasteiger partial charge in [0.2, 0.25) is 0 Å². The Morgan fingerprint density at radius 2 is 2.31 bits per heavy atom. The van der Waals surface area contributed by atoms with Crippen molar-refractivity contribution in [3.63, 3.8) is 0 Å². The van der Waals surface area contributed by atoms with E-state index in [-0.39, 0.29) is 12.6 Å². The fourth-order valence-electron chi connectivity index (χ4n) is 1.31. The standard InChI is InChI=1S/C9H7ClO3/c1-12-7-3-2-5-6(8(7)10)4-13-9(5)11/h2-3H,4H2,1H3. The molecule has 13 heavy (non-hydrogen) atoms. The molecule has 1 aliphatic rings. The number of cyclic esters (lactones) is 1. The SMILES string of the molecule is COc1ccc2c(c1Cl)COC2=O. The summed E-state index contributed by atoms with van der Waals surface area (Å²) in [6, 6.07) is 3.32. The fraction of sp³-hybridized carbons (Fsp3) is 0.222. The van der Waals surface area contributed by atoms with Gasteiger partial charge in [0.25, 0.3) is 0 Å². The van der Waals surface area contributed by atoms with Crippen LogP contribution in [0.3, 0.4) is 0 Å². The molecule has 0 bridgehead atoms. The molecular formula is C9H7ClO3. The highest BCUT2D eigenvalue weighted by atomic mass is 35.5. The zero-order valence-electron chi connectivity index (χ0n) is 6.96. The number of carbonyl (C=O) groups is 1. The van der Waals surface area contributed by atoms with Gasteiger partial charge < -0.3 is 9.47 Å². The molecule has 4 heteroatoms. The Morgan fingerprint density at radius 1 is 1.54 bits per heavy atom. The third-order valence-corrected chi connectivity index (χ3v) is 2.41. The number of ether oxygens (including phenoxy) is 2. The largest absolute Gasteiger partial charge is 0.495 e. The van der Waals surface area contributed by atoms with Crippen LogP contribution in [0.1, 0.15) is 15.9 Å². The molecule has 1 aromatic rings. The molecule has 0 unspecified atom stereocenters. The van der Waals surface area contributed by atoms with Crippen LogP contribution in [-0.4, -0.2) is 13.1 Å². The molecular weight excluding hydrogens is 192 g/mol. The van der Waals surface area contributed by atoms with Gasteiger partial charge in [0.1, 0.15) is 12.4 Å². The van der Waals surface area contributed by atoms with Crippen molar-refractivity contribution >= 4 is 17.6 Å². The van der Waals surface area contributed by atoms with E-state index in [1.165, 1.54) is 7.11 Å². The summed E-state index contributed by atoms with van der Waals surface area (Å²) < 4.78 is 9.83. The summed E-state index contributed by atoms with van der Waals surface area (Å²) >= 11 is 5.96. The summed E-state index contributed by atoms with van der Waals surface area (Å²) in [4.78, 5) is 11.1. The Hall–Kier alpha value is -1.22. The van der Waals surface area contributed by atoms with Crippen LogP contribution in [0.25, 0.3) is 0 Å². The van der Waals surface area contributed by atoms with E-state index in [2.05, 4.69) is 0 Å². The highest BCUT2D eigenvalue weighted by Gasteiger charge is 2.25. The van der Waals surface area contributed by atoms with Crippen molar-refractivity contribution in [1.29, 1.82) is 0 Å². The lowest BCUT2D eigenvalue weighted by molar-refractivity contribution is 0.0535. The smallest absolute Gasteiger partial charge is 0.338 e. The number of hydrogen-bond acceptors (Lipinski definition) is 3. The monoisotopic (exact) mass is 198 g/mol. The summed E-state index contributed by atoms with van der Waals surface area (Å²) in [6.07, 6.45) is 0. The molecule has 0 amide bonds. The van der Waals surface area contributed by atoms with Crippen LogP contribution in [0, 0.1) is 0 Å². The van der Waals surface area contributed by atoms with Gasteiger partial charge in [-0.25, -0.2) is 4.79 Å². The maximum absolute atomic E-state index is 11.1. The van der Waals surface area contributed by atoms with E-state index >= 15 is 0 Å². The molecule has 0 spiro atoms. The first kappa shape index (κ1) is 8.38. The molecule has 1 aromatic carbocycles. The molecule has 0 fully saturated rings. The molecule has 0 N–H and O–H groups in total. The Kier molecular flexibility index (Phi) is 1.88. The van der Waals surface area contributed by atoms with Gasteiger partial charge in [-0.05, 0) is 12.1 Å². The van der Waals surface area contributed by atoms with Gasteiger partial charge in [-0.15, -0.1) is 0 Å². The molecule has 1 aliphatic heterocycles. The van der Waals surface area contributed by atoms with Crippen LogP contribution in [0.4, 0.5) is 0 Å². The van der Waals surface area contributed by atoms with Crippen molar-refractivity contribution in [3.05, 3.63) is 28.3 Å². The minimum Gasteiger partial charge on any atom is -0.495 e. The van der Waals surface area contributed by atoms with Crippen molar-refractivity contribution in [2.24, 2.45) is 0 Å². The maximum atomic E-state index is 11.1. The van der Waals surface area contributed by atoms with Gasteiger partial charge in [-0.3, -0.25) is 0 Å². The van der Waals surface area contributed by atoms with Gasteiger partial charge in [0.05, 0.1) is 17.7 Å². The molecule has 0 aromatic heterocycles. The van der Waals surface area contributed by atoms with Crippen molar-refractivity contribution in [3.8, 4) is 5.75 Å². The number of methoxy groups -OCH3 is 1. The molecule has 3 nitrogen and oxygen atoms in total. The third kappa shape index (κ3) is 1.16. The average molecular weight is 199 g/mol. The van der Waals surface area contributed by atoms with Gasteiger partial charge >= 0.3 is 5.97 Å². The minimum atomic E-state index is -0.320. The third-order valence-electron chi connectivity index (χ3n) is 2.00. The molecule has 0 aliphatic carbocycles. The molecule has 0 saturated heterocycles. The molecule has 0 radical (unpaired) electrons. The Bertz CT molecular complexity index is 373. The second-order valence-corrected chi connectivity index (χ2v) is 3.06. The normalized spacial score (nSPS) is 13.8. The van der Waals surface area contributed by atoms with E-state index in [1.807, 2.05) is 0 Å². The summed E-state index contributed by atoms with van der Waals surface area (Å²) in [7, 11) is 1.53. The van der Waals surface area contributed by atoms with E-state index in [4.69, 9.17) is 21.1 Å². The number of benzene rings is 1. The Balaban J connectivity index is 2.60. The minimum absolute atomic E-state index is 0.240. The molecule has 2 rings (SSSR count). The van der Waals surface area contributed by atoms with Crippen LogP contribution in [0.15, 0.2) is 12.1 Å². The lowest BCUT2D eigenvalue weighted by Gasteiger charge is -2.04. The highest BCUT2D eigenvalue weighted by molar-refractivity contribution is 6.33. The van der Waals surface area contributed by atoms with E-state index in [0.717, 1.165) is 0 Å². The van der Waals surface area contributed by atoms with Crippen LogP contribution in [-0.2, 0) is 11.3 Å². The number of hydrogen-bond donors (Lipinski definition) is 0. The highest BCUT2D eigenvalue weighted by Crippen LogP contribution is 2.34. The fourth-order valence-corrected chi connectivity index (χ4v) is 1.60. The van der Waals surface area contributed by atoms with Crippen molar-refractivity contribution in [1.82, 2.24) is 0 Å². The molecule has 68 valence electrons. The summed E-state index contributed by atoms with van der Waals surface area (Å²) in [5, 5.41) is 0.464. The predicted molar refractivity (Wildman–Crippen MR) is 47.1 cm³/mol. The zero-order valence-corrected chi connectivity index (χ0v) is 7.72. The molecule has 0 atom stereocenters. The van der Waals surface area contributed by atoms with E-state index in [1.54, 1.807) is 12.1 Å². The van der Waals surface area contributed by atoms with Gasteiger partial charge in [0.15, 0.2) is 0 Å². The first-order chi connectivity index (χ1) is 6.24. The van der Waals surface area contributed by atoms with Crippen LogP contribution < -0.4 is 4.74 Å². The van der Waals surface area contributed by atoms with E-state index < -0.39 is 0 Å². The first-order valence-electron chi connectivity index (χ1n) is 3.76. The number of rotatable bonds is 1. The molecule has 0 saturated carbocycles. The number of carbonyl (C=O) groups excluding carboxylic acids is 1. The van der Waals surface area contributed by atoms with Crippen molar-refractivity contribution in [2.75, 3.05) is 7.11 Å². The summed E-state index contributed by atoms with van der Waals surface area (Å²) in [5.41, 5.74) is 1.25. The lowest BCUT2D eigenvalue weighted by Crippen LogP contribution is -1.94. The van der Waals surface area contributed by atoms with E-state index in [0.29, 0.717) is 21.9 Å². The zero-order chi connectivity index (χ0) is 9.42. The van der Waals surface area contributed by atoms with Crippen LogP contribution in [0.2, 0.25) is 5.02 Å². The summed E-state index contributed by atoms with van der Waals surface area (Å²) in [6.45, 7) is 0.240. The molecule has 1 heterocycles. The van der Waals surface area contributed by atoms with Gasteiger partial charge in [-0.1, -0.05) is 11.6 Å². The van der Waals surface area contributed by atoms with E-state index in [9.17, 15) is 4.79 Å². The van der Waals surface area contributed by atoms with Gasteiger partial charge in [0, 0.05) is 5.56 Å².